The molecule has 6 nitrogen and oxygen atoms in total. The van der Waals surface area contributed by atoms with Gasteiger partial charge in [0.2, 0.25) is 0 Å². The molecule has 6 rings (SSSR count). The number of fused-ring (bicyclic) bond motifs is 2. The Balaban J connectivity index is 1.48. The second-order valence-electron chi connectivity index (χ2n) is 10.5. The summed E-state index contributed by atoms with van der Waals surface area (Å²) >= 11 is 0. The van der Waals surface area contributed by atoms with Gasteiger partial charge >= 0.3 is 6.18 Å². The molecule has 2 aliphatic rings. The average molecular weight is 605 g/mol. The molecule has 1 N–H and O–H groups in total. The molecule has 1 aromatic heterocycles. The highest BCUT2D eigenvalue weighted by atomic mass is 19.4. The first-order chi connectivity index (χ1) is 20.4. The summed E-state index contributed by atoms with van der Waals surface area (Å²) in [4.78, 5) is 19.4. The molecule has 224 valence electrons. The number of hydrazine groups is 1. The summed E-state index contributed by atoms with van der Waals surface area (Å²) in [5.41, 5.74) is 1.88. The lowest BCUT2D eigenvalue weighted by Gasteiger charge is -2.43. The van der Waals surface area contributed by atoms with Crippen molar-refractivity contribution in [2.24, 2.45) is 5.92 Å². The van der Waals surface area contributed by atoms with E-state index in [-0.39, 0.29) is 48.1 Å². The summed E-state index contributed by atoms with van der Waals surface area (Å²) < 4.78 is 104. The summed E-state index contributed by atoms with van der Waals surface area (Å²) in [5, 5.41) is 1.63. The van der Waals surface area contributed by atoms with Crippen LogP contribution in [0.3, 0.4) is 0 Å². The topological polar surface area (TPSA) is 57.7 Å². The lowest BCUT2D eigenvalue weighted by molar-refractivity contribution is -0.196. The Morgan fingerprint density at radius 1 is 1.05 bits per heavy atom. The quantitative estimate of drug-likeness (QED) is 0.201. The predicted octanol–water partition coefficient (Wildman–Crippen LogP) is 6.78. The van der Waals surface area contributed by atoms with Crippen LogP contribution in [0.1, 0.15) is 23.2 Å². The van der Waals surface area contributed by atoms with Gasteiger partial charge in [0, 0.05) is 41.9 Å². The maximum atomic E-state index is 15.2. The minimum absolute atomic E-state index is 0.0575. The predicted molar refractivity (Wildman–Crippen MR) is 145 cm³/mol. The van der Waals surface area contributed by atoms with Gasteiger partial charge in [0.05, 0.1) is 34.9 Å². The highest BCUT2D eigenvalue weighted by molar-refractivity contribution is 6.10. The lowest BCUT2D eigenvalue weighted by atomic mass is 9.78. The number of pyridine rings is 1. The third-order valence-electron chi connectivity index (χ3n) is 7.91. The van der Waals surface area contributed by atoms with E-state index in [1.165, 1.54) is 18.0 Å². The van der Waals surface area contributed by atoms with E-state index in [9.17, 15) is 31.1 Å². The Labute approximate surface area is 240 Å². The summed E-state index contributed by atoms with van der Waals surface area (Å²) in [6, 6.07) is 9.44. The number of nitrogens with zero attached hydrogens (tertiary/aromatic N) is 3. The van der Waals surface area contributed by atoms with Crippen LogP contribution in [0.25, 0.3) is 22.0 Å². The van der Waals surface area contributed by atoms with Crippen molar-refractivity contribution < 1.29 is 40.3 Å². The highest BCUT2D eigenvalue weighted by Crippen LogP contribution is 2.46. The fourth-order valence-electron chi connectivity index (χ4n) is 5.59. The van der Waals surface area contributed by atoms with Gasteiger partial charge in [-0.15, -0.1) is 0 Å². The molecule has 1 fully saturated rings. The molecule has 0 saturated heterocycles. The number of ether oxygens (including phenoxy) is 1. The fourth-order valence-corrected chi connectivity index (χ4v) is 5.59. The normalized spacial score (nSPS) is 18.1. The Hall–Kier alpha value is -4.55. The molecule has 3 aromatic carbocycles. The van der Waals surface area contributed by atoms with Crippen molar-refractivity contribution in [1.29, 1.82) is 0 Å². The van der Waals surface area contributed by atoms with Crippen molar-refractivity contribution in [3.63, 3.8) is 0 Å². The van der Waals surface area contributed by atoms with Crippen LogP contribution in [0.4, 0.5) is 42.1 Å². The van der Waals surface area contributed by atoms with Gasteiger partial charge in [-0.05, 0) is 43.2 Å². The average Bonchev–Trinajstić information content (AvgIpc) is 2.93. The first kappa shape index (κ1) is 28.6. The standard InChI is InChI=1S/C30H23F7N4O2/c1-40(17-10-15(11-17)30(35,36)37)28-18-6-7-21(32)25(19-12-16(31)13-22(33)26(19)34)27(18)38-14-20(28)29(42)39-41-8-9-43-24-5-3-2-4-23(24)41/h2-7,12-15,17H,8-11H2,1H3,(H,39,42). The smallest absolute Gasteiger partial charge is 0.391 e. The van der Waals surface area contributed by atoms with Crippen LogP contribution in [-0.2, 0) is 0 Å². The largest absolute Gasteiger partial charge is 0.489 e. The van der Waals surface area contributed by atoms with Crippen molar-refractivity contribution in [1.82, 2.24) is 10.4 Å². The van der Waals surface area contributed by atoms with Crippen molar-refractivity contribution in [3.8, 4) is 16.9 Å². The van der Waals surface area contributed by atoms with Gasteiger partial charge in [-0.1, -0.05) is 12.1 Å². The fraction of sp³-hybridized carbons (Fsp3) is 0.267. The molecule has 0 bridgehead atoms. The molecule has 1 saturated carbocycles. The summed E-state index contributed by atoms with van der Waals surface area (Å²) in [5.74, 6) is -6.93. The molecule has 43 heavy (non-hydrogen) atoms. The number of amides is 1. The van der Waals surface area contributed by atoms with Gasteiger partial charge in [-0.3, -0.25) is 20.2 Å². The van der Waals surface area contributed by atoms with Crippen molar-refractivity contribution in [2.75, 3.05) is 30.1 Å². The van der Waals surface area contributed by atoms with Crippen LogP contribution in [0, 0.1) is 29.2 Å². The van der Waals surface area contributed by atoms with Gasteiger partial charge in [-0.2, -0.15) is 13.2 Å². The number of para-hydroxylation sites is 2. The number of nitrogens with one attached hydrogen (secondary N) is 1. The molecule has 1 aliphatic carbocycles. The molecule has 1 aliphatic heterocycles. The Kier molecular flexibility index (Phi) is 7.05. The molecular formula is C30H23F7N4O2. The third-order valence-corrected chi connectivity index (χ3v) is 7.91. The van der Waals surface area contributed by atoms with Crippen LogP contribution in [0.2, 0.25) is 0 Å². The zero-order chi connectivity index (χ0) is 30.6. The van der Waals surface area contributed by atoms with Gasteiger partial charge in [0.15, 0.2) is 11.6 Å². The number of rotatable bonds is 5. The van der Waals surface area contributed by atoms with E-state index in [2.05, 4.69) is 10.4 Å². The Morgan fingerprint density at radius 3 is 2.53 bits per heavy atom. The number of benzene rings is 3. The van der Waals surface area contributed by atoms with E-state index in [4.69, 9.17) is 4.74 Å². The summed E-state index contributed by atoms with van der Waals surface area (Å²) in [6.45, 7) is 0.546. The van der Waals surface area contributed by atoms with Crippen LogP contribution < -0.4 is 20.1 Å². The van der Waals surface area contributed by atoms with Crippen molar-refractivity contribution in [2.45, 2.75) is 25.1 Å². The highest BCUT2D eigenvalue weighted by Gasteiger charge is 2.49. The number of halogens is 7. The minimum atomic E-state index is -4.39. The van der Waals surface area contributed by atoms with Crippen LogP contribution in [0.5, 0.6) is 5.75 Å². The third kappa shape index (κ3) is 5.06. The van der Waals surface area contributed by atoms with Crippen LogP contribution in [0.15, 0.2) is 54.7 Å². The van der Waals surface area contributed by atoms with Gasteiger partial charge in [0.25, 0.3) is 5.91 Å². The molecule has 0 unspecified atom stereocenters. The lowest BCUT2D eigenvalue weighted by Crippen LogP contribution is -2.49. The number of alkyl halides is 3. The first-order valence-corrected chi connectivity index (χ1v) is 13.3. The summed E-state index contributed by atoms with van der Waals surface area (Å²) in [7, 11) is 1.50. The van der Waals surface area contributed by atoms with Gasteiger partial charge < -0.3 is 9.64 Å². The number of anilines is 2. The molecular weight excluding hydrogens is 581 g/mol. The number of carbonyl (C=O) groups excluding carboxylic acids is 1. The molecule has 0 spiro atoms. The van der Waals surface area contributed by atoms with Crippen LogP contribution >= 0.6 is 0 Å². The van der Waals surface area contributed by atoms with E-state index >= 15 is 4.39 Å². The number of hydrogen-bond acceptors (Lipinski definition) is 5. The second-order valence-corrected chi connectivity index (χ2v) is 10.5. The van der Waals surface area contributed by atoms with E-state index in [0.29, 0.717) is 23.6 Å². The first-order valence-electron chi connectivity index (χ1n) is 13.3. The molecule has 0 radical (unpaired) electrons. The van der Waals surface area contributed by atoms with E-state index < -0.39 is 58.4 Å². The maximum absolute atomic E-state index is 15.2. The van der Waals surface area contributed by atoms with E-state index in [1.54, 1.807) is 29.3 Å². The summed E-state index contributed by atoms with van der Waals surface area (Å²) in [6.07, 6.45) is -3.80. The zero-order valence-corrected chi connectivity index (χ0v) is 22.5. The zero-order valence-electron chi connectivity index (χ0n) is 22.5. The second kappa shape index (κ2) is 10.6. The SMILES string of the molecule is CN(c1c(C(=O)NN2CCOc3ccccc32)cnc2c(-c3cc(F)cc(F)c3F)c(F)ccc12)C1CC(C(F)(F)F)C1. The number of carbonyl (C=O) groups is 1. The molecule has 2 heterocycles. The van der Waals surface area contributed by atoms with E-state index in [1.807, 2.05) is 0 Å². The minimum Gasteiger partial charge on any atom is -0.489 e. The van der Waals surface area contributed by atoms with E-state index in [0.717, 1.165) is 12.3 Å². The molecule has 13 heteroatoms. The molecule has 0 atom stereocenters. The van der Waals surface area contributed by atoms with Gasteiger partial charge in [-0.25, -0.2) is 17.6 Å². The monoisotopic (exact) mass is 604 g/mol. The van der Waals surface area contributed by atoms with Gasteiger partial charge in [0.1, 0.15) is 24.0 Å². The number of hydrogen-bond donors (Lipinski definition) is 1. The van der Waals surface area contributed by atoms with Crippen molar-refractivity contribution in [3.05, 3.63) is 83.6 Å². The molecule has 4 aromatic rings. The van der Waals surface area contributed by atoms with Crippen LogP contribution in [-0.4, -0.2) is 43.3 Å². The molecule has 1 amide bonds. The van der Waals surface area contributed by atoms with Crippen molar-refractivity contribution >= 4 is 28.2 Å². The Morgan fingerprint density at radius 2 is 1.79 bits per heavy atom. The maximum Gasteiger partial charge on any atom is 0.391 e. The number of aromatic nitrogens is 1. The Bertz CT molecular complexity index is 1740.